The molecule has 0 atom stereocenters. The number of amides is 1. The smallest absolute Gasteiger partial charge is 0.258 e. The van der Waals surface area contributed by atoms with Crippen LogP contribution in [0.3, 0.4) is 0 Å². The average molecular weight is 431 g/mol. The van der Waals surface area contributed by atoms with Gasteiger partial charge < -0.3 is 15.0 Å². The van der Waals surface area contributed by atoms with Gasteiger partial charge in [-0.25, -0.2) is 4.98 Å². The lowest BCUT2D eigenvalue weighted by atomic mass is 10.2. The second-order valence-corrected chi connectivity index (χ2v) is 6.92. The van der Waals surface area contributed by atoms with E-state index in [9.17, 15) is 4.79 Å². The molecule has 126 valence electrons. The van der Waals surface area contributed by atoms with Gasteiger partial charge in [0.1, 0.15) is 5.15 Å². The maximum atomic E-state index is 12.6. The Kier molecular flexibility index (Phi) is 5.61. The molecule has 0 aliphatic carbocycles. The van der Waals surface area contributed by atoms with Crippen molar-refractivity contribution in [3.8, 4) is 0 Å². The lowest BCUT2D eigenvalue weighted by Crippen LogP contribution is -2.36. The molecule has 2 heterocycles. The van der Waals surface area contributed by atoms with Crippen LogP contribution in [0.15, 0.2) is 34.9 Å². The monoisotopic (exact) mass is 429 g/mol. The molecular formula is C16H14BrCl2N3O2. The molecule has 24 heavy (non-hydrogen) atoms. The quantitative estimate of drug-likeness (QED) is 0.740. The summed E-state index contributed by atoms with van der Waals surface area (Å²) in [6, 6.07) is 7.05. The summed E-state index contributed by atoms with van der Waals surface area (Å²) in [5.41, 5.74) is 1.82. The van der Waals surface area contributed by atoms with E-state index < -0.39 is 0 Å². The second-order valence-electron chi connectivity index (χ2n) is 5.21. The van der Waals surface area contributed by atoms with Crippen LogP contribution in [0, 0.1) is 0 Å². The van der Waals surface area contributed by atoms with E-state index in [1.54, 1.807) is 18.2 Å². The number of carbonyl (C=O) groups excluding carboxylic acids is 1. The Hall–Kier alpha value is -1.34. The summed E-state index contributed by atoms with van der Waals surface area (Å²) in [5, 5.41) is 3.57. The van der Waals surface area contributed by atoms with Crippen molar-refractivity contribution >= 4 is 56.4 Å². The van der Waals surface area contributed by atoms with Crippen LogP contribution in [0.5, 0.6) is 0 Å². The van der Waals surface area contributed by atoms with E-state index in [1.807, 2.05) is 6.07 Å². The fourth-order valence-electron chi connectivity index (χ4n) is 2.46. The normalized spacial score (nSPS) is 14.5. The molecule has 0 radical (unpaired) electrons. The molecule has 1 aromatic carbocycles. The first-order valence-electron chi connectivity index (χ1n) is 7.29. The summed E-state index contributed by atoms with van der Waals surface area (Å²) in [5.74, 6) is -0.342. The Bertz CT molecular complexity index is 767. The minimum absolute atomic E-state index is 0.144. The van der Waals surface area contributed by atoms with E-state index in [1.165, 1.54) is 6.20 Å². The molecule has 5 nitrogen and oxygen atoms in total. The molecule has 3 rings (SSSR count). The Morgan fingerprint density at radius 2 is 2.00 bits per heavy atom. The molecule has 0 bridgehead atoms. The van der Waals surface area contributed by atoms with Gasteiger partial charge in [0.05, 0.1) is 30.2 Å². The molecule has 0 spiro atoms. The number of halogens is 3. The molecule has 8 heteroatoms. The standard InChI is InChI=1S/C16H14BrCl2N3O2/c17-10-7-12(15(19)20-9-10)16(23)21-13-8-11(18)1-2-14(13)22-3-5-24-6-4-22/h1-2,7-9H,3-6H2,(H,21,23). The number of hydrogen-bond acceptors (Lipinski definition) is 4. The number of nitrogens with zero attached hydrogens (tertiary/aromatic N) is 2. The highest BCUT2D eigenvalue weighted by atomic mass is 79.9. The van der Waals surface area contributed by atoms with Crippen LogP contribution in [0.4, 0.5) is 11.4 Å². The Labute approximate surface area is 158 Å². The average Bonchev–Trinajstić information content (AvgIpc) is 2.58. The number of morpholine rings is 1. The van der Waals surface area contributed by atoms with Gasteiger partial charge in [-0.05, 0) is 40.2 Å². The number of carbonyl (C=O) groups is 1. The van der Waals surface area contributed by atoms with Gasteiger partial charge in [0, 0.05) is 28.8 Å². The van der Waals surface area contributed by atoms with Crippen molar-refractivity contribution in [2.75, 3.05) is 36.5 Å². The van der Waals surface area contributed by atoms with E-state index in [-0.39, 0.29) is 11.1 Å². The third-order valence-corrected chi connectivity index (χ3v) is 4.58. The fraction of sp³-hybridized carbons (Fsp3) is 0.250. The molecule has 1 aliphatic rings. The van der Waals surface area contributed by atoms with E-state index in [2.05, 4.69) is 31.1 Å². The first-order chi connectivity index (χ1) is 11.5. The van der Waals surface area contributed by atoms with Gasteiger partial charge >= 0.3 is 0 Å². The number of nitrogens with one attached hydrogen (secondary N) is 1. The molecule has 1 aromatic heterocycles. The van der Waals surface area contributed by atoms with Crippen molar-refractivity contribution in [3.63, 3.8) is 0 Å². The summed E-state index contributed by atoms with van der Waals surface area (Å²) in [7, 11) is 0. The maximum Gasteiger partial charge on any atom is 0.258 e. The SMILES string of the molecule is O=C(Nc1cc(Cl)ccc1N1CCOCC1)c1cc(Br)cnc1Cl. The Morgan fingerprint density at radius 3 is 2.75 bits per heavy atom. The number of aromatic nitrogens is 1. The van der Waals surface area contributed by atoms with Crippen molar-refractivity contribution in [1.82, 2.24) is 4.98 Å². The minimum Gasteiger partial charge on any atom is -0.378 e. The summed E-state index contributed by atoms with van der Waals surface area (Å²) in [4.78, 5) is 18.7. The van der Waals surface area contributed by atoms with Crippen molar-refractivity contribution in [2.45, 2.75) is 0 Å². The highest BCUT2D eigenvalue weighted by Gasteiger charge is 2.18. The molecule has 1 aliphatic heterocycles. The summed E-state index contributed by atoms with van der Waals surface area (Å²) >= 11 is 15.4. The van der Waals surface area contributed by atoms with Crippen LogP contribution < -0.4 is 10.2 Å². The van der Waals surface area contributed by atoms with E-state index in [0.29, 0.717) is 34.0 Å². The predicted molar refractivity (Wildman–Crippen MR) is 99.4 cm³/mol. The molecular weight excluding hydrogens is 417 g/mol. The van der Waals surface area contributed by atoms with Gasteiger partial charge in [0.2, 0.25) is 0 Å². The zero-order valence-corrected chi connectivity index (χ0v) is 15.7. The molecule has 1 amide bonds. The number of pyridine rings is 1. The topological polar surface area (TPSA) is 54.5 Å². The van der Waals surface area contributed by atoms with E-state index in [4.69, 9.17) is 27.9 Å². The van der Waals surface area contributed by atoms with Gasteiger partial charge in [0.25, 0.3) is 5.91 Å². The number of ether oxygens (including phenoxy) is 1. The van der Waals surface area contributed by atoms with Crippen molar-refractivity contribution in [1.29, 1.82) is 0 Å². The summed E-state index contributed by atoms with van der Waals surface area (Å²) in [6.07, 6.45) is 1.54. The lowest BCUT2D eigenvalue weighted by molar-refractivity contribution is 0.102. The maximum absolute atomic E-state index is 12.6. The molecule has 1 saturated heterocycles. The Morgan fingerprint density at radius 1 is 1.25 bits per heavy atom. The van der Waals surface area contributed by atoms with Crippen molar-refractivity contribution in [3.05, 3.63) is 50.7 Å². The van der Waals surface area contributed by atoms with E-state index in [0.717, 1.165) is 18.8 Å². The third kappa shape index (κ3) is 4.00. The second kappa shape index (κ2) is 7.70. The number of anilines is 2. The zero-order valence-electron chi connectivity index (χ0n) is 12.6. The Balaban J connectivity index is 1.89. The first kappa shape index (κ1) is 17.5. The minimum atomic E-state index is -0.342. The van der Waals surface area contributed by atoms with Gasteiger partial charge in [-0.3, -0.25) is 4.79 Å². The van der Waals surface area contributed by atoms with Crippen molar-refractivity contribution in [2.24, 2.45) is 0 Å². The van der Waals surface area contributed by atoms with Gasteiger partial charge in [0.15, 0.2) is 0 Å². The zero-order chi connectivity index (χ0) is 17.1. The van der Waals surface area contributed by atoms with Crippen LogP contribution >= 0.6 is 39.1 Å². The molecule has 0 saturated carbocycles. The van der Waals surface area contributed by atoms with Gasteiger partial charge in [-0.1, -0.05) is 23.2 Å². The highest BCUT2D eigenvalue weighted by molar-refractivity contribution is 9.10. The third-order valence-electron chi connectivity index (χ3n) is 3.61. The number of benzene rings is 1. The molecule has 1 fully saturated rings. The summed E-state index contributed by atoms with van der Waals surface area (Å²) in [6.45, 7) is 2.81. The lowest BCUT2D eigenvalue weighted by Gasteiger charge is -2.30. The number of rotatable bonds is 3. The summed E-state index contributed by atoms with van der Waals surface area (Å²) < 4.78 is 6.06. The molecule has 2 aromatic rings. The van der Waals surface area contributed by atoms with E-state index >= 15 is 0 Å². The van der Waals surface area contributed by atoms with Gasteiger partial charge in [-0.15, -0.1) is 0 Å². The van der Waals surface area contributed by atoms with Crippen LogP contribution in [0.1, 0.15) is 10.4 Å². The molecule has 0 unspecified atom stereocenters. The van der Waals surface area contributed by atoms with Crippen LogP contribution in [0.2, 0.25) is 10.2 Å². The van der Waals surface area contributed by atoms with Crippen LogP contribution in [-0.2, 0) is 4.74 Å². The number of hydrogen-bond donors (Lipinski definition) is 1. The fourth-order valence-corrected chi connectivity index (χ4v) is 3.15. The largest absolute Gasteiger partial charge is 0.378 e. The van der Waals surface area contributed by atoms with Crippen LogP contribution in [0.25, 0.3) is 0 Å². The molecule has 1 N–H and O–H groups in total. The van der Waals surface area contributed by atoms with Gasteiger partial charge in [-0.2, -0.15) is 0 Å². The predicted octanol–water partition coefficient (Wildman–Crippen LogP) is 4.24. The first-order valence-corrected chi connectivity index (χ1v) is 8.84. The van der Waals surface area contributed by atoms with Crippen LogP contribution in [-0.4, -0.2) is 37.2 Å². The van der Waals surface area contributed by atoms with Crippen molar-refractivity contribution < 1.29 is 9.53 Å². The highest BCUT2D eigenvalue weighted by Crippen LogP contribution is 2.31.